The van der Waals surface area contributed by atoms with Crippen LogP contribution in [0.2, 0.25) is 5.02 Å². The quantitative estimate of drug-likeness (QED) is 0.754. The van der Waals surface area contributed by atoms with Gasteiger partial charge in [-0.3, -0.25) is 4.79 Å². The Labute approximate surface area is 148 Å². The molecule has 0 radical (unpaired) electrons. The Bertz CT molecular complexity index is 903. The second-order valence-electron chi connectivity index (χ2n) is 5.93. The number of carbonyl (C=O) groups is 1. The Morgan fingerprint density at radius 3 is 3.12 bits per heavy atom. The Morgan fingerprint density at radius 2 is 2.29 bits per heavy atom. The zero-order valence-electron chi connectivity index (χ0n) is 13.2. The average molecular weight is 361 g/mol. The number of aromatic nitrogens is 2. The Morgan fingerprint density at radius 1 is 1.46 bits per heavy atom. The van der Waals surface area contributed by atoms with E-state index in [2.05, 4.69) is 21.4 Å². The first-order chi connectivity index (χ1) is 11.6. The first-order valence-corrected chi connectivity index (χ1v) is 9.01. The molecule has 0 saturated heterocycles. The zero-order chi connectivity index (χ0) is 16.7. The lowest BCUT2D eigenvalue weighted by atomic mass is 10.0. The summed E-state index contributed by atoms with van der Waals surface area (Å²) >= 11 is 8.13. The molecule has 0 spiro atoms. The van der Waals surface area contributed by atoms with Gasteiger partial charge in [-0.05, 0) is 6.07 Å². The topological polar surface area (TPSA) is 61.0 Å². The molecular formula is C17H17ClN4OS. The summed E-state index contributed by atoms with van der Waals surface area (Å²) in [5.74, 6) is 0.0107. The van der Waals surface area contributed by atoms with Crippen LogP contribution in [-0.4, -0.2) is 34.4 Å². The molecule has 1 unspecified atom stereocenters. The number of aromatic amines is 1. The van der Waals surface area contributed by atoms with Crippen molar-refractivity contribution >= 4 is 38.9 Å². The normalized spacial score (nSPS) is 17.0. The lowest BCUT2D eigenvalue weighted by Crippen LogP contribution is -2.42. The van der Waals surface area contributed by atoms with Gasteiger partial charge in [0.15, 0.2) is 0 Å². The number of fused-ring (bicyclic) bond motifs is 2. The van der Waals surface area contributed by atoms with Crippen molar-refractivity contribution in [1.82, 2.24) is 20.2 Å². The number of likely N-dealkylation sites (N-methyl/N-ethyl adjacent to an activating group) is 1. The van der Waals surface area contributed by atoms with Crippen LogP contribution >= 0.6 is 22.9 Å². The maximum atomic E-state index is 12.9. The van der Waals surface area contributed by atoms with Crippen LogP contribution in [0.4, 0.5) is 0 Å². The van der Waals surface area contributed by atoms with E-state index in [-0.39, 0.29) is 5.91 Å². The second-order valence-corrected chi connectivity index (χ2v) is 7.45. The van der Waals surface area contributed by atoms with Crippen molar-refractivity contribution in [2.45, 2.75) is 19.0 Å². The molecule has 0 fully saturated rings. The van der Waals surface area contributed by atoms with Crippen molar-refractivity contribution < 1.29 is 4.79 Å². The van der Waals surface area contributed by atoms with Crippen molar-refractivity contribution in [3.05, 3.63) is 51.9 Å². The third kappa shape index (κ3) is 2.60. The molecule has 2 N–H and O–H groups in total. The Balaban J connectivity index is 1.57. The van der Waals surface area contributed by atoms with Gasteiger partial charge >= 0.3 is 0 Å². The summed E-state index contributed by atoms with van der Waals surface area (Å²) in [6, 6.07) is 7.65. The number of halogens is 1. The Hall–Kier alpha value is -1.89. The van der Waals surface area contributed by atoms with Crippen LogP contribution in [-0.2, 0) is 17.8 Å². The van der Waals surface area contributed by atoms with E-state index in [1.54, 1.807) is 22.6 Å². The maximum Gasteiger partial charge on any atom is 0.246 e. The van der Waals surface area contributed by atoms with E-state index in [1.165, 1.54) is 0 Å². The summed E-state index contributed by atoms with van der Waals surface area (Å²) in [6.45, 7) is 1.26. The predicted octanol–water partition coefficient (Wildman–Crippen LogP) is 3.12. The summed E-state index contributed by atoms with van der Waals surface area (Å²) in [5.41, 5.74) is 1.85. The molecule has 0 aliphatic carbocycles. The Kier molecular flexibility index (Phi) is 4.04. The molecule has 1 atom stereocenters. The molecule has 1 amide bonds. The number of H-pyrrole nitrogens is 1. The third-order valence-corrected chi connectivity index (χ3v) is 6.05. The monoisotopic (exact) mass is 360 g/mol. The summed E-state index contributed by atoms with van der Waals surface area (Å²) < 4.78 is 1.14. The van der Waals surface area contributed by atoms with Gasteiger partial charge in [-0.1, -0.05) is 29.8 Å². The minimum Gasteiger partial charge on any atom is -0.348 e. The molecule has 0 saturated carbocycles. The van der Waals surface area contributed by atoms with Crippen molar-refractivity contribution in [3.8, 4) is 0 Å². The third-order valence-electron chi connectivity index (χ3n) is 4.35. The molecule has 1 aliphatic heterocycles. The summed E-state index contributed by atoms with van der Waals surface area (Å²) in [5, 5.41) is 5.06. The SMILES string of the molecule is CN(Cc1sc2ccccc2c1Cl)C(=O)C1NCCc2[nH]cnc21. The molecule has 124 valence electrons. The van der Waals surface area contributed by atoms with Gasteiger partial charge in [0.1, 0.15) is 6.04 Å². The van der Waals surface area contributed by atoms with Crippen LogP contribution in [0.1, 0.15) is 22.3 Å². The van der Waals surface area contributed by atoms with Crippen molar-refractivity contribution in [2.75, 3.05) is 13.6 Å². The molecule has 7 heteroatoms. The molecule has 1 aromatic carbocycles. The summed E-state index contributed by atoms with van der Waals surface area (Å²) in [7, 11) is 1.81. The standard InChI is InChI=1S/C17H17ClN4OS/c1-22(8-13-14(18)10-4-2-3-5-12(10)24-13)17(23)16-15-11(6-7-19-16)20-9-21-15/h2-5,9,16,19H,6-8H2,1H3,(H,20,21). The molecule has 5 nitrogen and oxygen atoms in total. The van der Waals surface area contributed by atoms with Crippen LogP contribution in [0, 0.1) is 0 Å². The molecule has 1 aliphatic rings. The van der Waals surface area contributed by atoms with Gasteiger partial charge in [-0.15, -0.1) is 11.3 Å². The number of rotatable bonds is 3. The van der Waals surface area contributed by atoms with Crippen molar-refractivity contribution in [3.63, 3.8) is 0 Å². The van der Waals surface area contributed by atoms with E-state index >= 15 is 0 Å². The molecule has 0 bridgehead atoms. The van der Waals surface area contributed by atoms with Gasteiger partial charge in [-0.25, -0.2) is 4.98 Å². The number of thiophene rings is 1. The highest BCUT2D eigenvalue weighted by Gasteiger charge is 2.31. The van der Waals surface area contributed by atoms with E-state index < -0.39 is 6.04 Å². The largest absolute Gasteiger partial charge is 0.348 e. The molecular weight excluding hydrogens is 344 g/mol. The molecule has 24 heavy (non-hydrogen) atoms. The van der Waals surface area contributed by atoms with Crippen molar-refractivity contribution in [2.24, 2.45) is 0 Å². The highest BCUT2D eigenvalue weighted by Crippen LogP contribution is 2.36. The first-order valence-electron chi connectivity index (χ1n) is 7.81. The van der Waals surface area contributed by atoms with Gasteiger partial charge < -0.3 is 15.2 Å². The van der Waals surface area contributed by atoms with Gasteiger partial charge in [0.05, 0.1) is 23.6 Å². The highest BCUT2D eigenvalue weighted by molar-refractivity contribution is 7.19. The number of nitrogens with one attached hydrogen (secondary N) is 2. The molecule has 3 heterocycles. The lowest BCUT2D eigenvalue weighted by molar-refractivity contribution is -0.133. The highest BCUT2D eigenvalue weighted by atomic mass is 35.5. The van der Waals surface area contributed by atoms with E-state index in [1.807, 2.05) is 25.2 Å². The molecule has 4 rings (SSSR count). The molecule has 3 aromatic rings. The minimum absolute atomic E-state index is 0.0107. The summed E-state index contributed by atoms with van der Waals surface area (Å²) in [6.07, 6.45) is 2.52. The summed E-state index contributed by atoms with van der Waals surface area (Å²) in [4.78, 5) is 23.0. The van der Waals surface area contributed by atoms with Crippen LogP contribution in [0.5, 0.6) is 0 Å². The van der Waals surface area contributed by atoms with Gasteiger partial charge in [0.2, 0.25) is 5.91 Å². The number of hydrogen-bond acceptors (Lipinski definition) is 4. The van der Waals surface area contributed by atoms with E-state index in [0.29, 0.717) is 6.54 Å². The van der Waals surface area contributed by atoms with Crippen LogP contribution < -0.4 is 5.32 Å². The predicted molar refractivity (Wildman–Crippen MR) is 96.3 cm³/mol. The van der Waals surface area contributed by atoms with Gasteiger partial charge in [-0.2, -0.15) is 0 Å². The fourth-order valence-electron chi connectivity index (χ4n) is 3.10. The van der Waals surface area contributed by atoms with Crippen molar-refractivity contribution in [1.29, 1.82) is 0 Å². The number of imidazole rings is 1. The number of amides is 1. The number of benzene rings is 1. The smallest absolute Gasteiger partial charge is 0.246 e. The lowest BCUT2D eigenvalue weighted by Gasteiger charge is -2.26. The number of nitrogens with zero attached hydrogens (tertiary/aromatic N) is 2. The van der Waals surface area contributed by atoms with E-state index in [0.717, 1.165) is 44.3 Å². The average Bonchev–Trinajstić information content (AvgIpc) is 3.19. The first kappa shape index (κ1) is 15.6. The van der Waals surface area contributed by atoms with Crippen LogP contribution in [0.25, 0.3) is 10.1 Å². The minimum atomic E-state index is -0.391. The van der Waals surface area contributed by atoms with E-state index in [4.69, 9.17) is 11.6 Å². The maximum absolute atomic E-state index is 12.9. The fourth-order valence-corrected chi connectivity index (χ4v) is 4.65. The number of hydrogen-bond donors (Lipinski definition) is 2. The van der Waals surface area contributed by atoms with Crippen LogP contribution in [0.15, 0.2) is 30.6 Å². The van der Waals surface area contributed by atoms with Gasteiger partial charge in [0.25, 0.3) is 0 Å². The number of carbonyl (C=O) groups excluding carboxylic acids is 1. The fraction of sp³-hybridized carbons (Fsp3) is 0.294. The van der Waals surface area contributed by atoms with Gasteiger partial charge in [0, 0.05) is 40.7 Å². The molecule has 2 aromatic heterocycles. The van der Waals surface area contributed by atoms with Crippen LogP contribution in [0.3, 0.4) is 0 Å². The van der Waals surface area contributed by atoms with E-state index in [9.17, 15) is 4.79 Å². The zero-order valence-corrected chi connectivity index (χ0v) is 14.7. The second kappa shape index (κ2) is 6.20.